The third kappa shape index (κ3) is 2.01. The summed E-state index contributed by atoms with van der Waals surface area (Å²) in [6, 6.07) is 10.2. The first-order valence-corrected chi connectivity index (χ1v) is 7.34. The molecule has 5 heteroatoms. The number of carbonyl (C=O) groups is 1. The SMILES string of the molecule is COC(=O)c1c(-c2cc3ccccc3s2)csc1N. The minimum Gasteiger partial charge on any atom is -0.465 e. The van der Waals surface area contributed by atoms with Crippen molar-refractivity contribution in [2.24, 2.45) is 0 Å². The van der Waals surface area contributed by atoms with Crippen LogP contribution in [0.2, 0.25) is 0 Å². The third-order valence-electron chi connectivity index (χ3n) is 2.90. The van der Waals surface area contributed by atoms with Gasteiger partial charge >= 0.3 is 5.97 Å². The summed E-state index contributed by atoms with van der Waals surface area (Å²) in [5.41, 5.74) is 7.20. The predicted octanol–water partition coefficient (Wildman–Crippen LogP) is 4.00. The number of benzene rings is 1. The molecule has 0 atom stereocenters. The normalized spacial score (nSPS) is 10.8. The van der Waals surface area contributed by atoms with Crippen molar-refractivity contribution < 1.29 is 9.53 Å². The zero-order valence-corrected chi connectivity index (χ0v) is 11.8. The largest absolute Gasteiger partial charge is 0.465 e. The van der Waals surface area contributed by atoms with Crippen LogP contribution < -0.4 is 5.73 Å². The fourth-order valence-corrected chi connectivity index (χ4v) is 3.94. The average molecular weight is 289 g/mol. The number of methoxy groups -OCH3 is 1. The Labute approximate surface area is 118 Å². The van der Waals surface area contributed by atoms with E-state index in [0.717, 1.165) is 10.4 Å². The summed E-state index contributed by atoms with van der Waals surface area (Å²) in [5, 5.41) is 3.58. The van der Waals surface area contributed by atoms with E-state index in [1.54, 1.807) is 11.3 Å². The summed E-state index contributed by atoms with van der Waals surface area (Å²) in [4.78, 5) is 12.9. The van der Waals surface area contributed by atoms with E-state index < -0.39 is 0 Å². The zero-order valence-electron chi connectivity index (χ0n) is 10.2. The van der Waals surface area contributed by atoms with Crippen molar-refractivity contribution in [2.75, 3.05) is 12.8 Å². The van der Waals surface area contributed by atoms with Crippen molar-refractivity contribution in [3.63, 3.8) is 0 Å². The molecule has 3 aromatic rings. The number of hydrogen-bond donors (Lipinski definition) is 1. The molecule has 3 nitrogen and oxygen atoms in total. The first-order chi connectivity index (χ1) is 9.20. The van der Waals surface area contributed by atoms with Gasteiger partial charge in [-0.1, -0.05) is 18.2 Å². The van der Waals surface area contributed by atoms with E-state index in [0.29, 0.717) is 10.6 Å². The number of nitrogens with two attached hydrogens (primary N) is 1. The lowest BCUT2D eigenvalue weighted by atomic mass is 10.1. The lowest BCUT2D eigenvalue weighted by Gasteiger charge is -2.01. The molecule has 0 aliphatic rings. The minimum absolute atomic E-state index is 0.383. The molecular weight excluding hydrogens is 278 g/mol. The molecule has 0 saturated carbocycles. The van der Waals surface area contributed by atoms with Crippen LogP contribution in [0.1, 0.15) is 10.4 Å². The van der Waals surface area contributed by atoms with Crippen LogP contribution in [0.15, 0.2) is 35.7 Å². The van der Waals surface area contributed by atoms with E-state index in [9.17, 15) is 4.79 Å². The first-order valence-electron chi connectivity index (χ1n) is 5.65. The quantitative estimate of drug-likeness (QED) is 0.725. The Morgan fingerprint density at radius 1 is 1.32 bits per heavy atom. The Kier molecular flexibility index (Phi) is 3.00. The Hall–Kier alpha value is -1.85. The number of esters is 1. The van der Waals surface area contributed by atoms with E-state index in [1.807, 2.05) is 17.5 Å². The van der Waals surface area contributed by atoms with Crippen LogP contribution in [0.4, 0.5) is 5.00 Å². The minimum atomic E-state index is -0.383. The maximum absolute atomic E-state index is 11.8. The first kappa shape index (κ1) is 12.2. The highest BCUT2D eigenvalue weighted by Crippen LogP contribution is 2.40. The Balaban J connectivity index is 2.19. The molecule has 0 bridgehead atoms. The molecule has 0 unspecified atom stereocenters. The lowest BCUT2D eigenvalue weighted by Crippen LogP contribution is -2.03. The van der Waals surface area contributed by atoms with Crippen LogP contribution in [-0.4, -0.2) is 13.1 Å². The van der Waals surface area contributed by atoms with Crippen molar-refractivity contribution >= 4 is 43.7 Å². The van der Waals surface area contributed by atoms with Gasteiger partial charge in [-0.25, -0.2) is 4.79 Å². The summed E-state index contributed by atoms with van der Waals surface area (Å²) in [6.07, 6.45) is 0. The molecule has 0 spiro atoms. The summed E-state index contributed by atoms with van der Waals surface area (Å²) in [7, 11) is 1.37. The van der Waals surface area contributed by atoms with Gasteiger partial charge in [-0.3, -0.25) is 0 Å². The Bertz CT molecular complexity index is 725. The highest BCUT2D eigenvalue weighted by Gasteiger charge is 2.20. The van der Waals surface area contributed by atoms with Gasteiger partial charge in [0.2, 0.25) is 0 Å². The topological polar surface area (TPSA) is 52.3 Å². The average Bonchev–Trinajstić information content (AvgIpc) is 3.00. The van der Waals surface area contributed by atoms with Crippen molar-refractivity contribution in [3.05, 3.63) is 41.3 Å². The molecule has 0 saturated heterocycles. The molecule has 2 heterocycles. The van der Waals surface area contributed by atoms with Crippen LogP contribution in [-0.2, 0) is 4.74 Å². The summed E-state index contributed by atoms with van der Waals surface area (Å²) in [5.74, 6) is -0.383. The smallest absolute Gasteiger partial charge is 0.341 e. The second kappa shape index (κ2) is 4.68. The highest BCUT2D eigenvalue weighted by molar-refractivity contribution is 7.22. The second-order valence-corrected chi connectivity index (χ2v) is 6.02. The van der Waals surface area contributed by atoms with Gasteiger partial charge in [0, 0.05) is 20.5 Å². The summed E-state index contributed by atoms with van der Waals surface area (Å²) in [6.45, 7) is 0. The molecule has 2 aromatic heterocycles. The van der Waals surface area contributed by atoms with Gasteiger partial charge in [-0.2, -0.15) is 0 Å². The molecule has 1 aromatic carbocycles. The summed E-state index contributed by atoms with van der Waals surface area (Å²) >= 11 is 3.01. The molecule has 0 aliphatic heterocycles. The van der Waals surface area contributed by atoms with Gasteiger partial charge in [0.15, 0.2) is 0 Å². The monoisotopic (exact) mass is 289 g/mol. The van der Waals surface area contributed by atoms with Crippen molar-refractivity contribution in [1.29, 1.82) is 0 Å². The van der Waals surface area contributed by atoms with Gasteiger partial charge in [-0.15, -0.1) is 22.7 Å². The van der Waals surface area contributed by atoms with Crippen LogP contribution in [0.25, 0.3) is 20.5 Å². The maximum atomic E-state index is 11.8. The molecule has 19 heavy (non-hydrogen) atoms. The second-order valence-electron chi connectivity index (χ2n) is 4.03. The highest BCUT2D eigenvalue weighted by atomic mass is 32.1. The van der Waals surface area contributed by atoms with Crippen molar-refractivity contribution in [2.45, 2.75) is 0 Å². The number of nitrogen functional groups attached to an aromatic ring is 1. The maximum Gasteiger partial charge on any atom is 0.341 e. The zero-order chi connectivity index (χ0) is 13.4. The van der Waals surface area contributed by atoms with Crippen molar-refractivity contribution in [3.8, 4) is 10.4 Å². The van der Waals surface area contributed by atoms with Crippen LogP contribution >= 0.6 is 22.7 Å². The van der Waals surface area contributed by atoms with Gasteiger partial charge in [-0.05, 0) is 17.5 Å². The number of hydrogen-bond acceptors (Lipinski definition) is 5. The van der Waals surface area contributed by atoms with E-state index >= 15 is 0 Å². The number of rotatable bonds is 2. The summed E-state index contributed by atoms with van der Waals surface area (Å²) < 4.78 is 6.00. The molecule has 0 aliphatic carbocycles. The van der Waals surface area contributed by atoms with Gasteiger partial charge in [0.05, 0.1) is 7.11 Å². The predicted molar refractivity (Wildman–Crippen MR) is 80.9 cm³/mol. The van der Waals surface area contributed by atoms with E-state index in [1.165, 1.54) is 28.5 Å². The van der Waals surface area contributed by atoms with Crippen LogP contribution in [0.5, 0.6) is 0 Å². The number of ether oxygens (including phenoxy) is 1. The van der Waals surface area contributed by atoms with Crippen molar-refractivity contribution in [1.82, 2.24) is 0 Å². The number of fused-ring (bicyclic) bond motifs is 1. The molecule has 0 fully saturated rings. The lowest BCUT2D eigenvalue weighted by molar-refractivity contribution is 0.0603. The molecule has 0 amide bonds. The van der Waals surface area contributed by atoms with Crippen LogP contribution in [0, 0.1) is 0 Å². The number of thiophene rings is 2. The van der Waals surface area contributed by atoms with Crippen LogP contribution in [0.3, 0.4) is 0 Å². The fraction of sp³-hybridized carbons (Fsp3) is 0.0714. The Morgan fingerprint density at radius 3 is 2.84 bits per heavy atom. The third-order valence-corrected chi connectivity index (χ3v) is 4.86. The van der Waals surface area contributed by atoms with Gasteiger partial charge in [0.25, 0.3) is 0 Å². The fourth-order valence-electron chi connectivity index (χ4n) is 1.98. The standard InChI is InChI=1S/C14H11NO2S2/c1-17-14(16)12-9(7-18-13(12)15)11-6-8-4-2-3-5-10(8)19-11/h2-7H,15H2,1H3. The molecule has 0 radical (unpaired) electrons. The molecular formula is C14H11NO2S2. The van der Waals surface area contributed by atoms with E-state index in [4.69, 9.17) is 10.5 Å². The van der Waals surface area contributed by atoms with Gasteiger partial charge in [0.1, 0.15) is 10.6 Å². The number of carbonyl (C=O) groups excluding carboxylic acids is 1. The van der Waals surface area contributed by atoms with Gasteiger partial charge < -0.3 is 10.5 Å². The molecule has 3 rings (SSSR count). The number of anilines is 1. The van der Waals surface area contributed by atoms with E-state index in [-0.39, 0.29) is 5.97 Å². The Morgan fingerprint density at radius 2 is 2.11 bits per heavy atom. The molecule has 96 valence electrons. The van der Waals surface area contributed by atoms with E-state index in [2.05, 4.69) is 18.2 Å². The molecule has 2 N–H and O–H groups in total.